The lowest BCUT2D eigenvalue weighted by Gasteiger charge is -2.27. The number of carbonyl (C=O) groups is 1. The molecule has 1 aromatic carbocycles. The maximum absolute atomic E-state index is 10.8. The highest BCUT2D eigenvalue weighted by Gasteiger charge is 2.27. The van der Waals surface area contributed by atoms with Crippen LogP contribution in [0, 0.1) is 5.92 Å². The molecule has 0 aromatic heterocycles. The quantitative estimate of drug-likeness (QED) is 0.527. The lowest BCUT2D eigenvalue weighted by atomic mass is 9.83. The number of hydrogen-bond donors (Lipinski definition) is 3. The first-order valence-corrected chi connectivity index (χ1v) is 5.28. The van der Waals surface area contributed by atoms with E-state index in [9.17, 15) is 4.79 Å². The van der Waals surface area contributed by atoms with Gasteiger partial charge in [-0.05, 0) is 6.07 Å². The lowest BCUT2D eigenvalue weighted by Crippen LogP contribution is -2.35. The van der Waals surface area contributed by atoms with Gasteiger partial charge in [-0.25, -0.2) is 0 Å². The molecule has 1 aliphatic carbocycles. The van der Waals surface area contributed by atoms with Gasteiger partial charge in [-0.3, -0.25) is 4.79 Å². The molecule has 0 spiro atoms. The summed E-state index contributed by atoms with van der Waals surface area (Å²) in [4.78, 5) is 10.8. The van der Waals surface area contributed by atoms with E-state index in [-0.39, 0.29) is 0 Å². The molecule has 4 heteroatoms. The number of anilines is 1. The van der Waals surface area contributed by atoms with Crippen LogP contribution >= 0.6 is 0 Å². The number of para-hydroxylation sites is 1. The summed E-state index contributed by atoms with van der Waals surface area (Å²) < 4.78 is 0. The highest BCUT2D eigenvalue weighted by Crippen LogP contribution is 2.30. The maximum Gasteiger partial charge on any atom is 0.314 e. The Balaban J connectivity index is 2.36. The van der Waals surface area contributed by atoms with Gasteiger partial charge in [0, 0.05) is 11.3 Å². The molecule has 4 nitrogen and oxygen atoms in total. The number of nitrogens with two attached hydrogens (primary N) is 2. The minimum absolute atomic E-state index is 0.595. The third kappa shape index (κ3) is 2.07. The number of rotatable bonds is 2. The molecule has 0 atom stereocenters. The lowest BCUT2D eigenvalue weighted by molar-refractivity contribution is -0.138. The van der Waals surface area contributed by atoms with Crippen molar-refractivity contribution < 1.29 is 9.90 Å². The van der Waals surface area contributed by atoms with Crippen molar-refractivity contribution in [2.45, 2.75) is 5.54 Å². The van der Waals surface area contributed by atoms with Crippen LogP contribution in [0.15, 0.2) is 48.6 Å². The van der Waals surface area contributed by atoms with Crippen molar-refractivity contribution in [1.29, 1.82) is 0 Å². The van der Waals surface area contributed by atoms with Gasteiger partial charge in [0.05, 0.1) is 11.5 Å². The Morgan fingerprint density at radius 1 is 1.24 bits per heavy atom. The average Bonchev–Trinajstić information content (AvgIpc) is 2.30. The first kappa shape index (κ1) is 11.4. The fourth-order valence-electron chi connectivity index (χ4n) is 1.88. The van der Waals surface area contributed by atoms with Crippen LogP contribution in [0.3, 0.4) is 0 Å². The molecular formula is C13H14N2O2. The molecular weight excluding hydrogens is 216 g/mol. The highest BCUT2D eigenvalue weighted by molar-refractivity contribution is 5.75. The van der Waals surface area contributed by atoms with E-state index in [4.69, 9.17) is 16.6 Å². The molecule has 0 saturated heterocycles. The van der Waals surface area contributed by atoms with Gasteiger partial charge in [-0.2, -0.15) is 0 Å². The Hall–Kier alpha value is -2.07. The first-order chi connectivity index (χ1) is 8.03. The van der Waals surface area contributed by atoms with Crippen molar-refractivity contribution in [3.63, 3.8) is 0 Å². The fraction of sp³-hybridized carbons (Fsp3) is 0.154. The van der Waals surface area contributed by atoms with E-state index in [2.05, 4.69) is 0 Å². The first-order valence-electron chi connectivity index (χ1n) is 5.28. The number of benzene rings is 1. The van der Waals surface area contributed by atoms with Crippen LogP contribution < -0.4 is 11.5 Å². The molecule has 0 unspecified atom stereocenters. The standard InChI is InChI=1S/C13H14N2O2/c14-11-4-2-1-3-10(11)13(15)7-5-9(6-8-13)12(16)17/h1-9H,14-15H2,(H,16,17). The minimum atomic E-state index is -0.888. The number of carboxylic acids is 1. The van der Waals surface area contributed by atoms with E-state index in [1.165, 1.54) is 0 Å². The number of aliphatic carboxylic acids is 1. The van der Waals surface area contributed by atoms with Crippen molar-refractivity contribution in [3.8, 4) is 0 Å². The third-order valence-electron chi connectivity index (χ3n) is 2.87. The topological polar surface area (TPSA) is 89.3 Å². The van der Waals surface area contributed by atoms with Crippen molar-refractivity contribution in [2.75, 3.05) is 5.73 Å². The Morgan fingerprint density at radius 2 is 1.82 bits per heavy atom. The van der Waals surface area contributed by atoms with Crippen LogP contribution in [0.5, 0.6) is 0 Å². The monoisotopic (exact) mass is 230 g/mol. The zero-order valence-corrected chi connectivity index (χ0v) is 9.21. The van der Waals surface area contributed by atoms with Gasteiger partial charge in [0.25, 0.3) is 0 Å². The fourth-order valence-corrected chi connectivity index (χ4v) is 1.88. The zero-order chi connectivity index (χ0) is 12.5. The van der Waals surface area contributed by atoms with Gasteiger partial charge in [0.2, 0.25) is 0 Å². The molecule has 0 bridgehead atoms. The summed E-state index contributed by atoms with van der Waals surface area (Å²) in [5.41, 5.74) is 12.6. The van der Waals surface area contributed by atoms with Gasteiger partial charge in [0.15, 0.2) is 0 Å². The third-order valence-corrected chi connectivity index (χ3v) is 2.87. The van der Waals surface area contributed by atoms with E-state index in [1.54, 1.807) is 30.4 Å². The number of nitrogen functional groups attached to an aromatic ring is 1. The van der Waals surface area contributed by atoms with Crippen LogP contribution in [0.1, 0.15) is 5.56 Å². The van der Waals surface area contributed by atoms with Crippen LogP contribution in [0.2, 0.25) is 0 Å². The van der Waals surface area contributed by atoms with Crippen LogP contribution in [0.4, 0.5) is 5.69 Å². The van der Waals surface area contributed by atoms with Crippen LogP contribution in [0.25, 0.3) is 0 Å². The second kappa shape index (κ2) is 4.07. The predicted molar refractivity (Wildman–Crippen MR) is 66.1 cm³/mol. The van der Waals surface area contributed by atoms with E-state index in [1.807, 2.05) is 18.2 Å². The molecule has 2 rings (SSSR count). The van der Waals surface area contributed by atoms with E-state index in [0.29, 0.717) is 5.69 Å². The average molecular weight is 230 g/mol. The summed E-state index contributed by atoms with van der Waals surface area (Å²) in [6.07, 6.45) is 6.51. The molecule has 0 aliphatic heterocycles. The molecule has 0 heterocycles. The minimum Gasteiger partial charge on any atom is -0.481 e. The molecule has 0 fully saturated rings. The normalized spacial score (nSPS) is 27.0. The van der Waals surface area contributed by atoms with Gasteiger partial charge in [0.1, 0.15) is 0 Å². The van der Waals surface area contributed by atoms with Crippen LogP contribution in [-0.4, -0.2) is 11.1 Å². The van der Waals surface area contributed by atoms with Crippen molar-refractivity contribution >= 4 is 11.7 Å². The summed E-state index contributed by atoms with van der Waals surface area (Å²) in [6, 6.07) is 7.30. The van der Waals surface area contributed by atoms with Gasteiger partial charge < -0.3 is 16.6 Å². The predicted octanol–water partition coefficient (Wildman–Crippen LogP) is 1.25. The van der Waals surface area contributed by atoms with Crippen molar-refractivity contribution in [2.24, 2.45) is 11.7 Å². The molecule has 17 heavy (non-hydrogen) atoms. The van der Waals surface area contributed by atoms with Gasteiger partial charge in [-0.15, -0.1) is 0 Å². The Kier molecular flexibility index (Phi) is 2.73. The SMILES string of the molecule is Nc1ccccc1C1(N)C=CC(C(=O)O)C=C1. The molecule has 5 N–H and O–H groups in total. The summed E-state index contributed by atoms with van der Waals surface area (Å²) in [7, 11) is 0. The molecule has 0 saturated carbocycles. The Morgan fingerprint density at radius 3 is 2.35 bits per heavy atom. The molecule has 1 aliphatic rings. The highest BCUT2D eigenvalue weighted by atomic mass is 16.4. The number of hydrogen-bond acceptors (Lipinski definition) is 3. The Labute approximate surface area is 99.2 Å². The second-order valence-corrected chi connectivity index (χ2v) is 4.10. The van der Waals surface area contributed by atoms with E-state index in [0.717, 1.165) is 5.56 Å². The summed E-state index contributed by atoms with van der Waals surface area (Å²) in [6.45, 7) is 0. The summed E-state index contributed by atoms with van der Waals surface area (Å²) in [5.74, 6) is -1.50. The summed E-state index contributed by atoms with van der Waals surface area (Å²) >= 11 is 0. The van der Waals surface area contributed by atoms with E-state index < -0.39 is 17.4 Å². The van der Waals surface area contributed by atoms with Crippen LogP contribution in [-0.2, 0) is 10.3 Å². The van der Waals surface area contributed by atoms with Crippen molar-refractivity contribution in [1.82, 2.24) is 0 Å². The number of carboxylic acid groups (broad SMARTS) is 1. The van der Waals surface area contributed by atoms with Crippen molar-refractivity contribution in [3.05, 3.63) is 54.1 Å². The largest absolute Gasteiger partial charge is 0.481 e. The van der Waals surface area contributed by atoms with Gasteiger partial charge in [-0.1, -0.05) is 42.5 Å². The van der Waals surface area contributed by atoms with E-state index >= 15 is 0 Å². The van der Waals surface area contributed by atoms with Gasteiger partial charge >= 0.3 is 5.97 Å². The zero-order valence-electron chi connectivity index (χ0n) is 9.21. The second-order valence-electron chi connectivity index (χ2n) is 4.10. The Bertz CT molecular complexity index is 492. The molecule has 1 aromatic rings. The molecule has 0 amide bonds. The molecule has 88 valence electrons. The molecule has 0 radical (unpaired) electrons. The maximum atomic E-state index is 10.8. The summed E-state index contributed by atoms with van der Waals surface area (Å²) in [5, 5.41) is 8.87. The smallest absolute Gasteiger partial charge is 0.314 e.